The van der Waals surface area contributed by atoms with Gasteiger partial charge in [-0.2, -0.15) is 0 Å². The van der Waals surface area contributed by atoms with Crippen molar-refractivity contribution < 1.29 is 4.79 Å². The summed E-state index contributed by atoms with van der Waals surface area (Å²) in [5, 5.41) is 3.89. The first kappa shape index (κ1) is 14.2. The Morgan fingerprint density at radius 3 is 2.79 bits per heavy atom. The smallest absolute Gasteiger partial charge is 0.243 e. The highest BCUT2D eigenvalue weighted by molar-refractivity contribution is 6.33. The van der Waals surface area contributed by atoms with E-state index in [1.54, 1.807) is 6.07 Å². The van der Waals surface area contributed by atoms with Crippen molar-refractivity contribution in [3.8, 4) is 0 Å². The molecule has 1 fully saturated rings. The summed E-state index contributed by atoms with van der Waals surface area (Å²) in [6.45, 7) is 2.94. The van der Waals surface area contributed by atoms with Gasteiger partial charge in [-0.25, -0.2) is 0 Å². The third-order valence-corrected chi connectivity index (χ3v) is 4.34. The van der Waals surface area contributed by atoms with E-state index in [4.69, 9.17) is 17.3 Å². The van der Waals surface area contributed by atoms with Crippen molar-refractivity contribution in [2.75, 3.05) is 18.9 Å². The first-order chi connectivity index (χ1) is 8.94. The highest BCUT2D eigenvalue weighted by Crippen LogP contribution is 2.32. The van der Waals surface area contributed by atoms with Crippen molar-refractivity contribution in [3.05, 3.63) is 29.3 Å². The Labute approximate surface area is 118 Å². The molecule has 0 aromatic heterocycles. The number of nitrogens with zero attached hydrogens (tertiary/aromatic N) is 1. The van der Waals surface area contributed by atoms with E-state index in [0.717, 1.165) is 12.2 Å². The number of likely N-dealkylation sites (tertiary alicyclic amines) is 1. The number of primary amides is 1. The molecule has 104 valence electrons. The van der Waals surface area contributed by atoms with E-state index in [9.17, 15) is 4.79 Å². The average molecular weight is 282 g/mol. The molecule has 2 unspecified atom stereocenters. The van der Waals surface area contributed by atoms with Crippen LogP contribution in [0.25, 0.3) is 0 Å². The highest BCUT2D eigenvalue weighted by Gasteiger charge is 2.42. The number of anilines is 1. The van der Waals surface area contributed by atoms with Gasteiger partial charge >= 0.3 is 0 Å². The van der Waals surface area contributed by atoms with Crippen molar-refractivity contribution in [1.29, 1.82) is 0 Å². The molecule has 1 aromatic carbocycles. The van der Waals surface area contributed by atoms with E-state index in [1.807, 2.05) is 18.2 Å². The minimum Gasteiger partial charge on any atom is -0.370 e. The van der Waals surface area contributed by atoms with Crippen LogP contribution in [0.4, 0.5) is 5.69 Å². The van der Waals surface area contributed by atoms with Crippen LogP contribution in [0.1, 0.15) is 19.8 Å². The number of para-hydroxylation sites is 1. The lowest BCUT2D eigenvalue weighted by molar-refractivity contribution is -0.124. The molecule has 1 aliphatic rings. The third-order valence-electron chi connectivity index (χ3n) is 4.01. The van der Waals surface area contributed by atoms with Crippen LogP contribution in [0.2, 0.25) is 5.02 Å². The Morgan fingerprint density at radius 1 is 1.53 bits per heavy atom. The molecule has 0 spiro atoms. The second-order valence-electron chi connectivity index (χ2n) is 5.33. The van der Waals surface area contributed by atoms with Crippen LogP contribution >= 0.6 is 11.6 Å². The molecule has 0 aliphatic carbocycles. The van der Waals surface area contributed by atoms with Crippen LogP contribution in [0.3, 0.4) is 0 Å². The van der Waals surface area contributed by atoms with Crippen molar-refractivity contribution in [2.45, 2.75) is 31.3 Å². The fourth-order valence-electron chi connectivity index (χ4n) is 2.57. The van der Waals surface area contributed by atoms with Crippen LogP contribution < -0.4 is 11.1 Å². The highest BCUT2D eigenvalue weighted by atomic mass is 35.5. The molecule has 2 atom stereocenters. The molecule has 1 aromatic rings. The summed E-state index contributed by atoms with van der Waals surface area (Å²) in [5.41, 5.74) is 5.70. The SMILES string of the molecule is CC1CC(Nc2ccccc2Cl)(C(N)=O)CCN1C. The summed E-state index contributed by atoms with van der Waals surface area (Å²) < 4.78 is 0. The molecule has 1 saturated heterocycles. The minimum absolute atomic E-state index is 0.302. The molecule has 1 heterocycles. The Bertz CT molecular complexity index is 480. The molecule has 1 amide bonds. The summed E-state index contributed by atoms with van der Waals surface area (Å²) in [5.74, 6) is -0.313. The number of piperidine rings is 1. The number of nitrogens with one attached hydrogen (secondary N) is 1. The Hall–Kier alpha value is -1.26. The number of benzene rings is 1. The Kier molecular flexibility index (Phi) is 4.02. The molecule has 0 saturated carbocycles. The van der Waals surface area contributed by atoms with Gasteiger partial charge in [0, 0.05) is 12.6 Å². The molecule has 0 bridgehead atoms. The zero-order valence-corrected chi connectivity index (χ0v) is 12.1. The number of halogens is 1. The number of hydrogen-bond acceptors (Lipinski definition) is 3. The van der Waals surface area contributed by atoms with Crippen molar-refractivity contribution >= 4 is 23.2 Å². The maximum absolute atomic E-state index is 11.9. The van der Waals surface area contributed by atoms with Gasteiger partial charge in [0.05, 0.1) is 10.7 Å². The summed E-state index contributed by atoms with van der Waals surface area (Å²) in [7, 11) is 2.06. The van der Waals surface area contributed by atoms with E-state index in [-0.39, 0.29) is 5.91 Å². The summed E-state index contributed by atoms with van der Waals surface area (Å²) in [4.78, 5) is 14.2. The van der Waals surface area contributed by atoms with Crippen molar-refractivity contribution in [1.82, 2.24) is 4.90 Å². The maximum atomic E-state index is 11.9. The van der Waals surface area contributed by atoms with Crippen LogP contribution in [0.15, 0.2) is 24.3 Å². The second-order valence-corrected chi connectivity index (χ2v) is 5.74. The fraction of sp³-hybridized carbons (Fsp3) is 0.500. The monoisotopic (exact) mass is 281 g/mol. The molecule has 2 rings (SSSR count). The standard InChI is InChI=1S/C14H20ClN3O/c1-10-9-14(13(16)19,7-8-18(10)2)17-12-6-4-3-5-11(12)15/h3-6,10,17H,7-9H2,1-2H3,(H2,16,19). The molecule has 19 heavy (non-hydrogen) atoms. The predicted molar refractivity (Wildman–Crippen MR) is 78.3 cm³/mol. The maximum Gasteiger partial charge on any atom is 0.243 e. The number of carbonyl (C=O) groups excluding carboxylic acids is 1. The van der Waals surface area contributed by atoms with E-state index in [1.165, 1.54) is 0 Å². The summed E-state index contributed by atoms with van der Waals surface area (Å²) in [6.07, 6.45) is 1.37. The summed E-state index contributed by atoms with van der Waals surface area (Å²) in [6, 6.07) is 7.73. The van der Waals surface area contributed by atoms with Gasteiger partial charge in [-0.05, 0) is 38.9 Å². The topological polar surface area (TPSA) is 58.4 Å². The quantitative estimate of drug-likeness (QED) is 0.892. The number of amides is 1. The van der Waals surface area contributed by atoms with E-state index in [2.05, 4.69) is 24.2 Å². The van der Waals surface area contributed by atoms with Crippen LogP contribution in [-0.4, -0.2) is 36.0 Å². The van der Waals surface area contributed by atoms with Gasteiger partial charge in [-0.3, -0.25) is 4.79 Å². The lowest BCUT2D eigenvalue weighted by Gasteiger charge is -2.43. The van der Waals surface area contributed by atoms with Gasteiger partial charge < -0.3 is 16.0 Å². The Balaban J connectivity index is 2.26. The van der Waals surface area contributed by atoms with Crippen LogP contribution in [0.5, 0.6) is 0 Å². The summed E-state index contributed by atoms with van der Waals surface area (Å²) >= 11 is 6.15. The lowest BCUT2D eigenvalue weighted by atomic mass is 9.83. The molecule has 1 aliphatic heterocycles. The number of rotatable bonds is 3. The van der Waals surface area contributed by atoms with E-state index < -0.39 is 5.54 Å². The van der Waals surface area contributed by atoms with Crippen LogP contribution in [-0.2, 0) is 4.79 Å². The van der Waals surface area contributed by atoms with Crippen molar-refractivity contribution in [2.24, 2.45) is 5.73 Å². The zero-order valence-electron chi connectivity index (χ0n) is 11.3. The lowest BCUT2D eigenvalue weighted by Crippen LogP contribution is -2.59. The van der Waals surface area contributed by atoms with Gasteiger partial charge in [0.2, 0.25) is 5.91 Å². The molecule has 3 N–H and O–H groups in total. The second kappa shape index (κ2) is 5.39. The van der Waals surface area contributed by atoms with Crippen molar-refractivity contribution in [3.63, 3.8) is 0 Å². The fourth-order valence-corrected chi connectivity index (χ4v) is 2.75. The van der Waals surface area contributed by atoms with Gasteiger partial charge in [-0.15, -0.1) is 0 Å². The average Bonchev–Trinajstić information content (AvgIpc) is 2.36. The molecular formula is C14H20ClN3O. The first-order valence-corrected chi connectivity index (χ1v) is 6.85. The van der Waals surface area contributed by atoms with E-state index >= 15 is 0 Å². The molecule has 5 heteroatoms. The number of carbonyl (C=O) groups is 1. The van der Waals surface area contributed by atoms with Crippen LogP contribution in [0, 0.1) is 0 Å². The number of hydrogen-bond donors (Lipinski definition) is 2. The van der Waals surface area contributed by atoms with Gasteiger partial charge in [0.15, 0.2) is 0 Å². The molecule has 4 nitrogen and oxygen atoms in total. The van der Waals surface area contributed by atoms with Gasteiger partial charge in [-0.1, -0.05) is 23.7 Å². The van der Waals surface area contributed by atoms with E-state index in [0.29, 0.717) is 23.9 Å². The largest absolute Gasteiger partial charge is 0.370 e. The molecule has 0 radical (unpaired) electrons. The normalized spacial score (nSPS) is 28.1. The first-order valence-electron chi connectivity index (χ1n) is 6.47. The number of nitrogens with two attached hydrogens (primary N) is 1. The molecular weight excluding hydrogens is 262 g/mol. The van der Waals surface area contributed by atoms with Gasteiger partial charge in [0.1, 0.15) is 5.54 Å². The third kappa shape index (κ3) is 2.85. The van der Waals surface area contributed by atoms with Gasteiger partial charge in [0.25, 0.3) is 0 Å². The Morgan fingerprint density at radius 2 is 2.21 bits per heavy atom. The predicted octanol–water partition coefficient (Wildman–Crippen LogP) is 2.09. The minimum atomic E-state index is -0.711. The zero-order chi connectivity index (χ0) is 14.0.